The maximum absolute atomic E-state index is 6.20. The van der Waals surface area contributed by atoms with Crippen LogP contribution in [0.4, 0.5) is 0 Å². The first kappa shape index (κ1) is 15.2. The first-order valence-electron chi connectivity index (χ1n) is 8.00. The Balaban J connectivity index is 2.23. The summed E-state index contributed by atoms with van der Waals surface area (Å²) in [6, 6.07) is 8.42. The van der Waals surface area contributed by atoms with Crippen molar-refractivity contribution in [2.45, 2.75) is 33.6 Å². The molecular formula is C19H19ClN4. The predicted molar refractivity (Wildman–Crippen MR) is 98.3 cm³/mol. The third-order valence-electron chi connectivity index (χ3n) is 4.56. The Morgan fingerprint density at radius 3 is 2.46 bits per heavy atom. The minimum atomic E-state index is 0.423. The molecule has 1 aromatic carbocycles. The van der Waals surface area contributed by atoms with Gasteiger partial charge in [-0.25, -0.2) is 9.97 Å². The summed E-state index contributed by atoms with van der Waals surface area (Å²) in [6.07, 6.45) is 1.82. The van der Waals surface area contributed by atoms with Crippen molar-refractivity contribution in [3.63, 3.8) is 0 Å². The normalized spacial score (nSPS) is 11.7. The molecule has 0 bridgehead atoms. The van der Waals surface area contributed by atoms with E-state index in [0.717, 1.165) is 34.0 Å². The zero-order valence-corrected chi connectivity index (χ0v) is 15.0. The number of imidazole rings is 2. The molecule has 122 valence electrons. The fourth-order valence-corrected chi connectivity index (χ4v) is 3.98. The fraction of sp³-hybridized carbons (Fsp3) is 0.263. The van der Waals surface area contributed by atoms with Gasteiger partial charge in [0.05, 0.1) is 28.5 Å². The monoisotopic (exact) mass is 338 g/mol. The van der Waals surface area contributed by atoms with Crippen molar-refractivity contribution in [1.29, 1.82) is 0 Å². The van der Waals surface area contributed by atoms with Gasteiger partial charge in [-0.05, 0) is 51.0 Å². The molecule has 0 aliphatic heterocycles. The van der Waals surface area contributed by atoms with Gasteiger partial charge in [-0.2, -0.15) is 0 Å². The van der Waals surface area contributed by atoms with Crippen molar-refractivity contribution in [3.8, 4) is 5.69 Å². The standard InChI is InChI=1S/C19H19ClN4/c1-11-8-12(2)17(13(3)9-11)24-18-15(6-5-7-21-18)23-16(10-20)14(4)22-19(23)24/h5-9H,10H2,1-4H3. The summed E-state index contributed by atoms with van der Waals surface area (Å²) < 4.78 is 4.28. The quantitative estimate of drug-likeness (QED) is 0.499. The third kappa shape index (κ3) is 1.99. The highest BCUT2D eigenvalue weighted by molar-refractivity contribution is 6.17. The van der Waals surface area contributed by atoms with Crippen molar-refractivity contribution < 1.29 is 0 Å². The maximum Gasteiger partial charge on any atom is 0.221 e. The Morgan fingerprint density at radius 1 is 1.08 bits per heavy atom. The van der Waals surface area contributed by atoms with Gasteiger partial charge in [-0.1, -0.05) is 17.7 Å². The molecule has 0 aliphatic rings. The third-order valence-corrected chi connectivity index (χ3v) is 4.81. The van der Waals surface area contributed by atoms with Gasteiger partial charge in [0.1, 0.15) is 0 Å². The van der Waals surface area contributed by atoms with Crippen LogP contribution in [0.2, 0.25) is 0 Å². The van der Waals surface area contributed by atoms with E-state index in [1.807, 2.05) is 19.2 Å². The maximum atomic E-state index is 6.20. The van der Waals surface area contributed by atoms with Crippen LogP contribution < -0.4 is 0 Å². The Morgan fingerprint density at radius 2 is 1.79 bits per heavy atom. The number of alkyl halides is 1. The molecule has 0 radical (unpaired) electrons. The fourth-order valence-electron chi connectivity index (χ4n) is 3.67. The second-order valence-corrected chi connectivity index (χ2v) is 6.61. The minimum absolute atomic E-state index is 0.423. The molecule has 0 atom stereocenters. The summed E-state index contributed by atoms with van der Waals surface area (Å²) >= 11 is 6.20. The number of halogens is 1. The lowest BCUT2D eigenvalue weighted by Gasteiger charge is -2.13. The van der Waals surface area contributed by atoms with Gasteiger partial charge in [-0.3, -0.25) is 8.97 Å². The number of pyridine rings is 1. The number of aryl methyl sites for hydroxylation is 4. The largest absolute Gasteiger partial charge is 0.277 e. The summed E-state index contributed by atoms with van der Waals surface area (Å²) in [4.78, 5) is 9.44. The van der Waals surface area contributed by atoms with Gasteiger partial charge in [0.2, 0.25) is 5.78 Å². The smallest absolute Gasteiger partial charge is 0.221 e. The Labute approximate surface area is 145 Å². The second kappa shape index (κ2) is 5.35. The van der Waals surface area contributed by atoms with Gasteiger partial charge in [-0.15, -0.1) is 11.6 Å². The number of aromatic nitrogens is 4. The number of benzene rings is 1. The molecule has 5 heteroatoms. The van der Waals surface area contributed by atoms with Crippen LogP contribution in [0.25, 0.3) is 22.6 Å². The Hall–Kier alpha value is -2.33. The SMILES string of the molecule is Cc1cc(C)c(-n2c3ncccc3n3c(CCl)c(C)nc23)c(C)c1. The molecular weight excluding hydrogens is 320 g/mol. The second-order valence-electron chi connectivity index (χ2n) is 6.34. The topological polar surface area (TPSA) is 35.1 Å². The van der Waals surface area contributed by atoms with Crippen molar-refractivity contribution in [3.05, 3.63) is 58.5 Å². The molecule has 4 aromatic rings. The number of hydrogen-bond acceptors (Lipinski definition) is 2. The van der Waals surface area contributed by atoms with E-state index >= 15 is 0 Å². The molecule has 0 saturated heterocycles. The minimum Gasteiger partial charge on any atom is -0.277 e. The highest BCUT2D eigenvalue weighted by Gasteiger charge is 2.21. The number of rotatable bonds is 2. The van der Waals surface area contributed by atoms with E-state index in [0.29, 0.717) is 5.88 Å². The van der Waals surface area contributed by atoms with E-state index in [9.17, 15) is 0 Å². The van der Waals surface area contributed by atoms with Crippen molar-refractivity contribution in [2.75, 3.05) is 0 Å². The van der Waals surface area contributed by atoms with Crippen LogP contribution in [-0.2, 0) is 5.88 Å². The molecule has 0 fully saturated rings. The Kier molecular flexibility index (Phi) is 3.39. The van der Waals surface area contributed by atoms with E-state index in [1.54, 1.807) is 0 Å². The molecule has 0 unspecified atom stereocenters. The van der Waals surface area contributed by atoms with Crippen molar-refractivity contribution in [1.82, 2.24) is 18.9 Å². The van der Waals surface area contributed by atoms with Crippen LogP contribution in [-0.4, -0.2) is 18.9 Å². The van der Waals surface area contributed by atoms with Gasteiger partial charge in [0, 0.05) is 6.20 Å². The highest BCUT2D eigenvalue weighted by Crippen LogP contribution is 2.30. The summed E-state index contributed by atoms with van der Waals surface area (Å²) in [5.74, 6) is 1.29. The Bertz CT molecular complexity index is 1060. The van der Waals surface area contributed by atoms with Gasteiger partial charge < -0.3 is 0 Å². The van der Waals surface area contributed by atoms with E-state index in [4.69, 9.17) is 16.6 Å². The van der Waals surface area contributed by atoms with E-state index < -0.39 is 0 Å². The molecule has 0 aliphatic carbocycles. The van der Waals surface area contributed by atoms with Crippen LogP contribution in [0, 0.1) is 27.7 Å². The summed E-state index contributed by atoms with van der Waals surface area (Å²) in [7, 11) is 0. The van der Waals surface area contributed by atoms with Crippen LogP contribution in [0.3, 0.4) is 0 Å². The van der Waals surface area contributed by atoms with Crippen LogP contribution in [0.1, 0.15) is 28.1 Å². The van der Waals surface area contributed by atoms with E-state index in [1.165, 1.54) is 16.7 Å². The molecule has 0 saturated carbocycles. The van der Waals surface area contributed by atoms with Crippen LogP contribution >= 0.6 is 11.6 Å². The molecule has 3 heterocycles. The van der Waals surface area contributed by atoms with E-state index in [-0.39, 0.29) is 0 Å². The lowest BCUT2D eigenvalue weighted by atomic mass is 10.1. The first-order valence-corrected chi connectivity index (χ1v) is 8.54. The predicted octanol–water partition coefficient (Wildman–Crippen LogP) is 4.65. The number of fused-ring (bicyclic) bond motifs is 3. The van der Waals surface area contributed by atoms with Crippen LogP contribution in [0.15, 0.2) is 30.5 Å². The molecule has 0 amide bonds. The van der Waals surface area contributed by atoms with Crippen molar-refractivity contribution >= 4 is 28.5 Å². The lowest BCUT2D eigenvalue weighted by Crippen LogP contribution is -2.02. The number of nitrogens with zero attached hydrogens (tertiary/aromatic N) is 4. The van der Waals surface area contributed by atoms with Gasteiger partial charge >= 0.3 is 0 Å². The number of hydrogen-bond donors (Lipinski definition) is 0. The van der Waals surface area contributed by atoms with Crippen LogP contribution in [0.5, 0.6) is 0 Å². The molecule has 4 rings (SSSR count). The molecule has 0 N–H and O–H groups in total. The zero-order valence-electron chi connectivity index (χ0n) is 14.3. The van der Waals surface area contributed by atoms with Gasteiger partial charge in [0.15, 0.2) is 5.65 Å². The van der Waals surface area contributed by atoms with Gasteiger partial charge in [0.25, 0.3) is 0 Å². The summed E-state index contributed by atoms with van der Waals surface area (Å²) in [5.41, 5.74) is 8.74. The van der Waals surface area contributed by atoms with Crippen molar-refractivity contribution in [2.24, 2.45) is 0 Å². The average molecular weight is 339 g/mol. The zero-order chi connectivity index (χ0) is 17.0. The molecule has 4 nitrogen and oxygen atoms in total. The first-order chi connectivity index (χ1) is 11.5. The summed E-state index contributed by atoms with van der Waals surface area (Å²) in [6.45, 7) is 8.40. The van der Waals surface area contributed by atoms with E-state index in [2.05, 4.69) is 52.9 Å². The molecule has 3 aromatic heterocycles. The highest BCUT2D eigenvalue weighted by atomic mass is 35.5. The average Bonchev–Trinajstić information content (AvgIpc) is 3.01. The summed E-state index contributed by atoms with van der Waals surface area (Å²) in [5, 5.41) is 0. The lowest BCUT2D eigenvalue weighted by molar-refractivity contribution is 1.04. The molecule has 24 heavy (non-hydrogen) atoms. The molecule has 0 spiro atoms.